The molecule has 0 radical (unpaired) electrons. The summed E-state index contributed by atoms with van der Waals surface area (Å²) in [7, 11) is 1.68. The number of aliphatic hydroxyl groups is 1. The van der Waals surface area contributed by atoms with E-state index < -0.39 is 6.29 Å². The van der Waals surface area contributed by atoms with Crippen molar-refractivity contribution < 1.29 is 19.3 Å². The van der Waals surface area contributed by atoms with E-state index in [1.54, 1.807) is 7.11 Å². The van der Waals surface area contributed by atoms with E-state index in [0.717, 1.165) is 26.1 Å². The number of methoxy groups -OCH3 is 1. The van der Waals surface area contributed by atoms with Crippen LogP contribution in [0, 0.1) is 0 Å². The highest BCUT2D eigenvalue weighted by Crippen LogP contribution is 2.14. The van der Waals surface area contributed by atoms with E-state index in [1.165, 1.54) is 22.3 Å². The molecular weight excluding hydrogens is 400 g/mol. The number of benzene rings is 3. The van der Waals surface area contributed by atoms with Crippen molar-refractivity contribution in [3.63, 3.8) is 0 Å². The Hall–Kier alpha value is -2.50. The second-order valence-electron chi connectivity index (χ2n) is 7.34. The first-order valence-electron chi connectivity index (χ1n) is 11.3. The fourth-order valence-corrected chi connectivity index (χ4v) is 2.91. The van der Waals surface area contributed by atoms with Gasteiger partial charge in [0.1, 0.15) is 12.7 Å². The van der Waals surface area contributed by atoms with Crippen molar-refractivity contribution in [1.29, 1.82) is 0 Å². The maximum Gasteiger partial charge on any atom is 0.178 e. The standard InChI is InChI=1S/C20H18.C4H8O2.C2H4O2.C2H6/c1-3-8-17(9-4-1)14-19-12-7-13-20(16-19)15-18-10-5-2-6-11-18;1-5-2-4-3-6-4;3-2-1-4-2;1-2/h1-13,16H,14-15H2;4H,2-3H2,1H3;2-3H,1H2;1-2H3. The summed E-state index contributed by atoms with van der Waals surface area (Å²) in [6, 6.07) is 30.2. The lowest BCUT2D eigenvalue weighted by molar-refractivity contribution is 0.156. The number of aliphatic hydroxyl groups excluding tert-OH is 1. The van der Waals surface area contributed by atoms with Gasteiger partial charge in [-0.3, -0.25) is 0 Å². The predicted molar refractivity (Wildman–Crippen MR) is 130 cm³/mol. The molecule has 1 N–H and O–H groups in total. The number of hydrogen-bond acceptors (Lipinski definition) is 4. The van der Waals surface area contributed by atoms with Crippen LogP contribution in [0.15, 0.2) is 84.9 Å². The summed E-state index contributed by atoms with van der Waals surface area (Å²) in [5, 5.41) is 7.94. The lowest BCUT2D eigenvalue weighted by Gasteiger charge is -2.06. The number of ether oxygens (including phenoxy) is 3. The molecule has 172 valence electrons. The first kappa shape index (κ1) is 25.8. The third-order valence-electron chi connectivity index (χ3n) is 4.56. The van der Waals surface area contributed by atoms with Gasteiger partial charge < -0.3 is 19.3 Å². The van der Waals surface area contributed by atoms with Crippen LogP contribution in [0.3, 0.4) is 0 Å². The summed E-state index contributed by atoms with van der Waals surface area (Å²) in [6.07, 6.45) is 2.02. The Balaban J connectivity index is 0.000000246. The SMILES string of the molecule is CC.COCC1CO1.OC1CO1.c1ccc(Cc2cccc(Cc3ccccc3)c2)cc1. The quantitative estimate of drug-likeness (QED) is 0.536. The van der Waals surface area contributed by atoms with Crippen molar-refractivity contribution >= 4 is 0 Å². The monoisotopic (exact) mass is 436 g/mol. The van der Waals surface area contributed by atoms with Crippen LogP contribution < -0.4 is 0 Å². The molecule has 2 fully saturated rings. The van der Waals surface area contributed by atoms with Crippen LogP contribution in [0.4, 0.5) is 0 Å². The lowest BCUT2D eigenvalue weighted by atomic mass is 9.99. The molecule has 3 aromatic carbocycles. The van der Waals surface area contributed by atoms with Crippen LogP contribution in [0.5, 0.6) is 0 Å². The summed E-state index contributed by atoms with van der Waals surface area (Å²) in [4.78, 5) is 0. The van der Waals surface area contributed by atoms with Gasteiger partial charge in [-0.1, -0.05) is 98.8 Å². The Kier molecular flexibility index (Phi) is 12.3. The Morgan fingerprint density at radius 3 is 1.44 bits per heavy atom. The van der Waals surface area contributed by atoms with Crippen LogP contribution in [-0.2, 0) is 27.1 Å². The topological polar surface area (TPSA) is 54.5 Å². The third-order valence-corrected chi connectivity index (χ3v) is 4.56. The highest BCUT2D eigenvalue weighted by molar-refractivity contribution is 5.32. The summed E-state index contributed by atoms with van der Waals surface area (Å²) >= 11 is 0. The van der Waals surface area contributed by atoms with E-state index >= 15 is 0 Å². The van der Waals surface area contributed by atoms with Crippen molar-refractivity contribution in [3.8, 4) is 0 Å². The Morgan fingerprint density at radius 1 is 0.719 bits per heavy atom. The van der Waals surface area contributed by atoms with Gasteiger partial charge in [0.25, 0.3) is 0 Å². The molecule has 2 heterocycles. The average molecular weight is 437 g/mol. The maximum absolute atomic E-state index is 7.94. The minimum absolute atomic E-state index is 0.417. The lowest BCUT2D eigenvalue weighted by Crippen LogP contribution is -1.94. The molecule has 0 saturated carbocycles. The zero-order valence-electron chi connectivity index (χ0n) is 19.4. The molecule has 2 atom stereocenters. The van der Waals surface area contributed by atoms with E-state index in [1.807, 2.05) is 13.8 Å². The van der Waals surface area contributed by atoms with Crippen LogP contribution in [0.2, 0.25) is 0 Å². The highest BCUT2D eigenvalue weighted by Gasteiger charge is 2.21. The van der Waals surface area contributed by atoms with Gasteiger partial charge >= 0.3 is 0 Å². The van der Waals surface area contributed by atoms with Gasteiger partial charge in [-0.15, -0.1) is 0 Å². The zero-order chi connectivity index (χ0) is 23.0. The van der Waals surface area contributed by atoms with E-state index in [9.17, 15) is 0 Å². The summed E-state index contributed by atoms with van der Waals surface area (Å²) in [6.45, 7) is 6.20. The second kappa shape index (κ2) is 15.3. The van der Waals surface area contributed by atoms with Crippen molar-refractivity contribution in [1.82, 2.24) is 0 Å². The first-order valence-corrected chi connectivity index (χ1v) is 11.3. The van der Waals surface area contributed by atoms with Crippen LogP contribution in [-0.4, -0.2) is 44.4 Å². The highest BCUT2D eigenvalue weighted by atomic mass is 16.7. The zero-order valence-corrected chi connectivity index (χ0v) is 19.4. The van der Waals surface area contributed by atoms with Gasteiger partial charge in [-0.05, 0) is 35.1 Å². The predicted octanol–water partition coefficient (Wildman–Crippen LogP) is 5.26. The molecule has 32 heavy (non-hydrogen) atoms. The van der Waals surface area contributed by atoms with E-state index in [4.69, 9.17) is 14.6 Å². The number of rotatable bonds is 6. The number of hydrogen-bond donors (Lipinski definition) is 1. The molecule has 0 bridgehead atoms. The molecule has 3 aromatic rings. The third kappa shape index (κ3) is 11.8. The number of epoxide rings is 2. The molecule has 4 heteroatoms. The van der Waals surface area contributed by atoms with Crippen LogP contribution >= 0.6 is 0 Å². The first-order chi connectivity index (χ1) is 15.7. The molecule has 2 saturated heterocycles. The fraction of sp³-hybridized carbons (Fsp3) is 0.357. The van der Waals surface area contributed by atoms with E-state index in [2.05, 4.69) is 89.7 Å². The Morgan fingerprint density at radius 2 is 1.12 bits per heavy atom. The van der Waals surface area contributed by atoms with Gasteiger partial charge in [-0.2, -0.15) is 0 Å². The minimum Gasteiger partial charge on any atom is -0.382 e. The van der Waals surface area contributed by atoms with Crippen molar-refractivity contribution in [2.24, 2.45) is 0 Å². The van der Waals surface area contributed by atoms with Crippen LogP contribution in [0.25, 0.3) is 0 Å². The van der Waals surface area contributed by atoms with Crippen molar-refractivity contribution in [3.05, 3.63) is 107 Å². The molecule has 4 nitrogen and oxygen atoms in total. The van der Waals surface area contributed by atoms with E-state index in [-0.39, 0.29) is 0 Å². The molecular formula is C28H36O4. The summed E-state index contributed by atoms with van der Waals surface area (Å²) in [5.74, 6) is 0. The normalized spacial score (nSPS) is 17.4. The molecule has 0 amide bonds. The molecule has 2 aliphatic rings. The molecule has 2 unspecified atom stereocenters. The van der Waals surface area contributed by atoms with E-state index in [0.29, 0.717) is 12.7 Å². The van der Waals surface area contributed by atoms with Crippen molar-refractivity contribution in [2.75, 3.05) is 26.9 Å². The summed E-state index contributed by atoms with van der Waals surface area (Å²) in [5.41, 5.74) is 5.49. The molecule has 2 aliphatic heterocycles. The van der Waals surface area contributed by atoms with Gasteiger partial charge in [0.05, 0.1) is 13.2 Å². The van der Waals surface area contributed by atoms with Crippen LogP contribution in [0.1, 0.15) is 36.1 Å². The maximum atomic E-state index is 7.94. The van der Waals surface area contributed by atoms with Gasteiger partial charge in [0.15, 0.2) is 6.29 Å². The molecule has 0 spiro atoms. The average Bonchev–Trinajstić information content (AvgIpc) is 3.77. The molecule has 0 aliphatic carbocycles. The smallest absolute Gasteiger partial charge is 0.178 e. The second-order valence-corrected chi connectivity index (χ2v) is 7.34. The Labute approximate surface area is 192 Å². The summed E-state index contributed by atoms with van der Waals surface area (Å²) < 4.78 is 13.8. The largest absolute Gasteiger partial charge is 0.382 e. The minimum atomic E-state index is -0.417. The van der Waals surface area contributed by atoms with Gasteiger partial charge in [-0.25, -0.2) is 0 Å². The fourth-order valence-electron chi connectivity index (χ4n) is 2.91. The van der Waals surface area contributed by atoms with Gasteiger partial charge in [0, 0.05) is 7.11 Å². The molecule has 5 rings (SSSR count). The van der Waals surface area contributed by atoms with Crippen molar-refractivity contribution in [2.45, 2.75) is 39.1 Å². The van der Waals surface area contributed by atoms with Gasteiger partial charge in [0.2, 0.25) is 0 Å². The Bertz CT molecular complexity index is 787. The molecule has 0 aromatic heterocycles.